The first-order valence-corrected chi connectivity index (χ1v) is 11.1. The highest BCUT2D eigenvalue weighted by Gasteiger charge is 2.17. The van der Waals surface area contributed by atoms with Crippen LogP contribution in [0.25, 0.3) is 0 Å². The van der Waals surface area contributed by atoms with Crippen LogP contribution in [0.3, 0.4) is 0 Å². The molecule has 4 rings (SSSR count). The Morgan fingerprint density at radius 3 is 2.30 bits per heavy atom. The van der Waals surface area contributed by atoms with E-state index in [0.717, 1.165) is 24.3 Å². The fraction of sp³-hybridized carbons (Fsp3) is 0.0909. The van der Waals surface area contributed by atoms with Gasteiger partial charge in [-0.15, -0.1) is 0 Å². The lowest BCUT2D eigenvalue weighted by Gasteiger charge is -2.10. The Morgan fingerprint density at radius 1 is 0.879 bits per heavy atom. The van der Waals surface area contributed by atoms with Gasteiger partial charge in [0.15, 0.2) is 11.5 Å². The molecule has 3 aromatic rings. The van der Waals surface area contributed by atoms with E-state index < -0.39 is 27.7 Å². The Hall–Kier alpha value is -4.12. The molecule has 3 N–H and O–H groups in total. The molecule has 3 aromatic carbocycles. The predicted octanol–water partition coefficient (Wildman–Crippen LogP) is 2.36. The topological polar surface area (TPSA) is 123 Å². The van der Waals surface area contributed by atoms with Gasteiger partial charge in [0.2, 0.25) is 12.7 Å². The van der Waals surface area contributed by atoms with Crippen LogP contribution in [0.5, 0.6) is 11.5 Å². The van der Waals surface area contributed by atoms with Gasteiger partial charge in [-0.05, 0) is 60.2 Å². The highest BCUT2D eigenvalue weighted by molar-refractivity contribution is 7.92. The second kappa shape index (κ2) is 9.17. The molecule has 0 atom stereocenters. The van der Waals surface area contributed by atoms with Crippen molar-refractivity contribution in [3.8, 4) is 11.5 Å². The number of rotatable bonds is 6. The van der Waals surface area contributed by atoms with Crippen LogP contribution < -0.4 is 25.0 Å². The van der Waals surface area contributed by atoms with E-state index in [9.17, 15) is 22.4 Å². The van der Waals surface area contributed by atoms with Crippen molar-refractivity contribution < 1.29 is 31.9 Å². The molecular weight excluding hydrogens is 453 g/mol. The Labute approximate surface area is 188 Å². The summed E-state index contributed by atoms with van der Waals surface area (Å²) in [6.07, 6.45) is -0.0492. The first-order valence-electron chi connectivity index (χ1n) is 9.66. The number of ether oxygens (including phenoxy) is 2. The number of fused-ring (bicyclic) bond motifs is 1. The zero-order valence-corrected chi connectivity index (χ0v) is 17.8. The molecule has 1 heterocycles. The molecule has 33 heavy (non-hydrogen) atoms. The zero-order valence-electron chi connectivity index (χ0n) is 17.0. The molecule has 0 aliphatic carbocycles. The van der Waals surface area contributed by atoms with Gasteiger partial charge in [-0.3, -0.25) is 25.2 Å². The number of hydrogen-bond acceptors (Lipinski definition) is 6. The molecule has 9 nitrogen and oxygen atoms in total. The van der Waals surface area contributed by atoms with Gasteiger partial charge in [0, 0.05) is 11.3 Å². The molecule has 0 unspecified atom stereocenters. The standard InChI is InChI=1S/C22H18FN3O6S/c23-16-4-8-18(9-5-16)33(29,30)26-17-6-1-14(2-7-17)11-21(27)24-25-22(28)15-3-10-19-20(12-15)32-13-31-19/h1-10,12,26H,11,13H2,(H,24,27)(H,25,28). The monoisotopic (exact) mass is 471 g/mol. The van der Waals surface area contributed by atoms with E-state index in [4.69, 9.17) is 9.47 Å². The number of nitrogens with one attached hydrogen (secondary N) is 3. The highest BCUT2D eigenvalue weighted by atomic mass is 32.2. The molecule has 0 aromatic heterocycles. The predicted molar refractivity (Wildman–Crippen MR) is 116 cm³/mol. The van der Waals surface area contributed by atoms with Crippen molar-refractivity contribution >= 4 is 27.5 Å². The van der Waals surface area contributed by atoms with E-state index in [0.29, 0.717) is 17.1 Å². The lowest BCUT2D eigenvalue weighted by molar-refractivity contribution is -0.121. The minimum absolute atomic E-state index is 0.0492. The normalized spacial score (nSPS) is 12.2. The number of carbonyl (C=O) groups excluding carboxylic acids is 2. The molecule has 0 radical (unpaired) electrons. The molecule has 11 heteroatoms. The van der Waals surface area contributed by atoms with Crippen molar-refractivity contribution in [1.82, 2.24) is 10.9 Å². The van der Waals surface area contributed by atoms with Crippen molar-refractivity contribution in [1.29, 1.82) is 0 Å². The lowest BCUT2D eigenvalue weighted by Crippen LogP contribution is -2.42. The summed E-state index contributed by atoms with van der Waals surface area (Å²) in [6.45, 7) is 0.0869. The second-order valence-electron chi connectivity index (χ2n) is 7.00. The fourth-order valence-electron chi connectivity index (χ4n) is 2.98. The summed E-state index contributed by atoms with van der Waals surface area (Å²) in [5.74, 6) is -0.539. The largest absolute Gasteiger partial charge is 0.454 e. The van der Waals surface area contributed by atoms with Crippen molar-refractivity contribution in [3.63, 3.8) is 0 Å². The van der Waals surface area contributed by atoms with Gasteiger partial charge < -0.3 is 9.47 Å². The summed E-state index contributed by atoms with van der Waals surface area (Å²) in [5.41, 5.74) is 5.80. The van der Waals surface area contributed by atoms with E-state index in [-0.39, 0.29) is 29.4 Å². The van der Waals surface area contributed by atoms with Crippen LogP contribution in [0.2, 0.25) is 0 Å². The Kier molecular flexibility index (Phi) is 6.13. The Balaban J connectivity index is 1.30. The number of carbonyl (C=O) groups is 2. The molecule has 0 saturated carbocycles. The molecule has 170 valence electrons. The molecule has 1 aliphatic rings. The van der Waals surface area contributed by atoms with E-state index in [1.165, 1.54) is 18.2 Å². The number of sulfonamides is 1. The van der Waals surface area contributed by atoms with E-state index >= 15 is 0 Å². The number of anilines is 1. The fourth-order valence-corrected chi connectivity index (χ4v) is 4.04. The van der Waals surface area contributed by atoms with E-state index in [2.05, 4.69) is 15.6 Å². The molecule has 2 amide bonds. The quantitative estimate of drug-likeness (QED) is 0.475. The molecule has 0 spiro atoms. The van der Waals surface area contributed by atoms with Gasteiger partial charge in [0.05, 0.1) is 11.3 Å². The average molecular weight is 471 g/mol. The SMILES string of the molecule is O=C(Cc1ccc(NS(=O)(=O)c2ccc(F)cc2)cc1)NNC(=O)c1ccc2c(c1)OCO2. The summed E-state index contributed by atoms with van der Waals surface area (Å²) in [5, 5.41) is 0. The minimum Gasteiger partial charge on any atom is -0.454 e. The summed E-state index contributed by atoms with van der Waals surface area (Å²) in [6, 6.07) is 15.2. The maximum atomic E-state index is 13.0. The average Bonchev–Trinajstić information content (AvgIpc) is 3.27. The van der Waals surface area contributed by atoms with Crippen LogP contribution >= 0.6 is 0 Å². The Morgan fingerprint density at radius 2 is 1.58 bits per heavy atom. The summed E-state index contributed by atoms with van der Waals surface area (Å²) in [4.78, 5) is 24.3. The van der Waals surface area contributed by atoms with Crippen molar-refractivity contribution in [3.05, 3.63) is 83.7 Å². The van der Waals surface area contributed by atoms with Gasteiger partial charge in [0.1, 0.15) is 5.82 Å². The van der Waals surface area contributed by atoms with Crippen LogP contribution in [0.15, 0.2) is 71.6 Å². The van der Waals surface area contributed by atoms with E-state index in [1.807, 2.05) is 0 Å². The van der Waals surface area contributed by atoms with Gasteiger partial charge >= 0.3 is 0 Å². The minimum atomic E-state index is -3.87. The van der Waals surface area contributed by atoms with Crippen LogP contribution in [0.4, 0.5) is 10.1 Å². The summed E-state index contributed by atoms with van der Waals surface area (Å²) >= 11 is 0. The van der Waals surface area contributed by atoms with Gasteiger partial charge in [-0.2, -0.15) is 0 Å². The van der Waals surface area contributed by atoms with Crippen LogP contribution in [0, 0.1) is 5.82 Å². The van der Waals surface area contributed by atoms with Crippen LogP contribution in [0.1, 0.15) is 15.9 Å². The number of hydrazine groups is 1. The third-order valence-corrected chi connectivity index (χ3v) is 6.04. The van der Waals surface area contributed by atoms with Crippen molar-refractivity contribution in [2.45, 2.75) is 11.3 Å². The zero-order chi connectivity index (χ0) is 23.4. The molecular formula is C22H18FN3O6S. The second-order valence-corrected chi connectivity index (χ2v) is 8.69. The number of amides is 2. The first kappa shape index (κ1) is 22.1. The third-order valence-electron chi connectivity index (χ3n) is 4.64. The number of halogens is 1. The lowest BCUT2D eigenvalue weighted by atomic mass is 10.1. The molecule has 0 bridgehead atoms. The van der Waals surface area contributed by atoms with Crippen LogP contribution in [-0.4, -0.2) is 27.0 Å². The summed E-state index contributed by atoms with van der Waals surface area (Å²) < 4.78 is 50.5. The Bertz CT molecular complexity index is 1290. The maximum absolute atomic E-state index is 13.0. The molecule has 0 saturated heterocycles. The van der Waals surface area contributed by atoms with Crippen molar-refractivity contribution in [2.75, 3.05) is 11.5 Å². The van der Waals surface area contributed by atoms with Gasteiger partial charge in [-0.25, -0.2) is 12.8 Å². The number of benzene rings is 3. The van der Waals surface area contributed by atoms with Gasteiger partial charge in [-0.1, -0.05) is 12.1 Å². The summed E-state index contributed by atoms with van der Waals surface area (Å²) in [7, 11) is -3.87. The first-order chi connectivity index (χ1) is 15.8. The molecule has 0 fully saturated rings. The third kappa shape index (κ3) is 5.39. The van der Waals surface area contributed by atoms with E-state index in [1.54, 1.807) is 24.3 Å². The highest BCUT2D eigenvalue weighted by Crippen LogP contribution is 2.32. The number of hydrogen-bond donors (Lipinski definition) is 3. The van der Waals surface area contributed by atoms with Crippen molar-refractivity contribution in [2.24, 2.45) is 0 Å². The van der Waals surface area contributed by atoms with Crippen LogP contribution in [-0.2, 0) is 21.2 Å². The maximum Gasteiger partial charge on any atom is 0.269 e. The molecule has 1 aliphatic heterocycles. The van der Waals surface area contributed by atoms with Gasteiger partial charge in [0.25, 0.3) is 15.9 Å². The smallest absolute Gasteiger partial charge is 0.269 e.